The van der Waals surface area contributed by atoms with Crippen LogP contribution in [0.1, 0.15) is 31.1 Å². The first-order valence-electron chi connectivity index (χ1n) is 6.05. The highest BCUT2D eigenvalue weighted by atomic mass is 32.2. The molecule has 0 unspecified atom stereocenters. The van der Waals surface area contributed by atoms with Gasteiger partial charge in [0.05, 0.1) is 11.3 Å². The topological polar surface area (TPSA) is 118 Å². The first-order valence-corrected chi connectivity index (χ1v) is 6.87. The number of rotatable bonds is 4. The number of aromatic amines is 1. The summed E-state index contributed by atoms with van der Waals surface area (Å²) in [5, 5.41) is 19.6. The van der Waals surface area contributed by atoms with Crippen molar-refractivity contribution in [3.05, 3.63) is 21.7 Å². The van der Waals surface area contributed by atoms with E-state index in [0.717, 1.165) is 0 Å². The minimum atomic E-state index is -0.259. The van der Waals surface area contributed by atoms with E-state index in [9.17, 15) is 4.79 Å². The van der Waals surface area contributed by atoms with Crippen molar-refractivity contribution in [1.82, 2.24) is 24.5 Å². The molecule has 0 bridgehead atoms. The lowest BCUT2D eigenvalue weighted by Crippen LogP contribution is -2.19. The average Bonchev–Trinajstić information content (AvgIpc) is 2.81. The molecule has 2 rings (SSSR count). The SMILES string of the molecule is Cc1nn(C)c(Sc2n[nH]c(=O)n2C(C)C)c1C(=N)N. The summed E-state index contributed by atoms with van der Waals surface area (Å²) in [6.45, 7) is 5.60. The Morgan fingerprint density at radius 2 is 2.15 bits per heavy atom. The van der Waals surface area contributed by atoms with Crippen LogP contribution >= 0.6 is 11.8 Å². The van der Waals surface area contributed by atoms with Crippen LogP contribution in [0, 0.1) is 12.3 Å². The standard InChI is InChI=1S/C11H17N7OS/c1-5(2)18-10(19)14-15-11(18)20-9-7(8(12)13)6(3)16-17(9)4/h5H,1-4H3,(H3,12,13)(H,14,19). The molecule has 0 spiro atoms. The van der Waals surface area contributed by atoms with Crippen LogP contribution in [-0.2, 0) is 7.05 Å². The Balaban J connectivity index is 2.51. The molecule has 0 saturated heterocycles. The normalized spacial score (nSPS) is 11.2. The maximum absolute atomic E-state index is 11.7. The summed E-state index contributed by atoms with van der Waals surface area (Å²) in [6, 6.07) is -0.0150. The van der Waals surface area contributed by atoms with Gasteiger partial charge in [0.25, 0.3) is 0 Å². The van der Waals surface area contributed by atoms with Crippen molar-refractivity contribution < 1.29 is 0 Å². The Kier molecular flexibility index (Phi) is 3.71. The summed E-state index contributed by atoms with van der Waals surface area (Å²) in [5.41, 5.74) is 6.60. The number of aromatic nitrogens is 5. The molecule has 0 aliphatic heterocycles. The van der Waals surface area contributed by atoms with Crippen molar-refractivity contribution in [2.24, 2.45) is 12.8 Å². The number of nitrogens with one attached hydrogen (secondary N) is 2. The molecule has 0 aliphatic carbocycles. The van der Waals surface area contributed by atoms with Crippen molar-refractivity contribution in [3.63, 3.8) is 0 Å². The minimum absolute atomic E-state index is 0.0150. The molecule has 2 heterocycles. The summed E-state index contributed by atoms with van der Waals surface area (Å²) < 4.78 is 3.19. The fourth-order valence-electron chi connectivity index (χ4n) is 1.97. The zero-order chi connectivity index (χ0) is 15.0. The van der Waals surface area contributed by atoms with Crippen LogP contribution in [-0.4, -0.2) is 30.4 Å². The summed E-state index contributed by atoms with van der Waals surface area (Å²) in [7, 11) is 1.77. The van der Waals surface area contributed by atoms with E-state index in [0.29, 0.717) is 21.4 Å². The molecule has 0 fully saturated rings. The number of nitrogens with zero attached hydrogens (tertiary/aromatic N) is 4. The van der Waals surface area contributed by atoms with Crippen molar-refractivity contribution in [2.75, 3.05) is 0 Å². The van der Waals surface area contributed by atoms with Gasteiger partial charge in [0.2, 0.25) is 0 Å². The van der Waals surface area contributed by atoms with Crippen LogP contribution in [0.25, 0.3) is 0 Å². The van der Waals surface area contributed by atoms with Crippen molar-refractivity contribution >= 4 is 17.6 Å². The van der Waals surface area contributed by atoms with Gasteiger partial charge in [-0.2, -0.15) is 5.10 Å². The third kappa shape index (κ3) is 2.36. The quantitative estimate of drug-likeness (QED) is 0.564. The molecule has 9 heteroatoms. The molecule has 0 radical (unpaired) electrons. The van der Waals surface area contributed by atoms with Crippen LogP contribution in [0.2, 0.25) is 0 Å². The molecule has 108 valence electrons. The number of aryl methyl sites for hydroxylation is 2. The van der Waals surface area contributed by atoms with Crippen molar-refractivity contribution in [2.45, 2.75) is 37.0 Å². The highest BCUT2D eigenvalue weighted by Crippen LogP contribution is 2.30. The Morgan fingerprint density at radius 1 is 1.50 bits per heavy atom. The molecule has 8 nitrogen and oxygen atoms in total. The van der Waals surface area contributed by atoms with E-state index < -0.39 is 0 Å². The van der Waals surface area contributed by atoms with Gasteiger partial charge >= 0.3 is 5.69 Å². The zero-order valence-corrected chi connectivity index (χ0v) is 12.6. The smallest absolute Gasteiger partial charge is 0.344 e. The maximum atomic E-state index is 11.7. The number of H-pyrrole nitrogens is 1. The number of hydrogen-bond acceptors (Lipinski definition) is 5. The van der Waals surface area contributed by atoms with Gasteiger partial charge in [-0.15, -0.1) is 5.10 Å². The summed E-state index contributed by atoms with van der Waals surface area (Å²) in [6.07, 6.45) is 0. The molecule has 20 heavy (non-hydrogen) atoms. The zero-order valence-electron chi connectivity index (χ0n) is 11.8. The number of nitrogen functional groups attached to an aromatic ring is 1. The van der Waals surface area contributed by atoms with Crippen LogP contribution in [0.4, 0.5) is 0 Å². The number of hydrogen-bond donors (Lipinski definition) is 3. The van der Waals surface area contributed by atoms with Gasteiger partial charge in [0.15, 0.2) is 5.16 Å². The van der Waals surface area contributed by atoms with Gasteiger partial charge in [-0.25, -0.2) is 9.89 Å². The first kappa shape index (κ1) is 14.4. The maximum Gasteiger partial charge on any atom is 0.344 e. The van der Waals surface area contributed by atoms with E-state index in [1.165, 1.54) is 11.8 Å². The van der Waals surface area contributed by atoms with Crippen LogP contribution in [0.5, 0.6) is 0 Å². The van der Waals surface area contributed by atoms with E-state index in [1.54, 1.807) is 23.2 Å². The molecule has 0 atom stereocenters. The largest absolute Gasteiger partial charge is 0.384 e. The Labute approximate surface area is 119 Å². The van der Waals surface area contributed by atoms with Crippen LogP contribution in [0.3, 0.4) is 0 Å². The number of amidine groups is 1. The predicted octanol–water partition coefficient (Wildman–Crippen LogP) is 0.629. The van der Waals surface area contributed by atoms with E-state index in [1.807, 2.05) is 13.8 Å². The van der Waals surface area contributed by atoms with Crippen molar-refractivity contribution in [3.8, 4) is 0 Å². The van der Waals surface area contributed by atoms with E-state index >= 15 is 0 Å². The van der Waals surface area contributed by atoms with Crippen molar-refractivity contribution in [1.29, 1.82) is 5.41 Å². The second-order valence-corrected chi connectivity index (χ2v) is 5.64. The Bertz CT molecular complexity index is 709. The second-order valence-electron chi connectivity index (χ2n) is 4.68. The molecule has 0 amide bonds. The Morgan fingerprint density at radius 3 is 2.70 bits per heavy atom. The molecule has 4 N–H and O–H groups in total. The highest BCUT2D eigenvalue weighted by molar-refractivity contribution is 7.99. The highest BCUT2D eigenvalue weighted by Gasteiger charge is 2.20. The van der Waals surface area contributed by atoms with E-state index in [-0.39, 0.29) is 17.6 Å². The van der Waals surface area contributed by atoms with E-state index in [2.05, 4.69) is 15.3 Å². The first-order chi connectivity index (χ1) is 9.32. The van der Waals surface area contributed by atoms with Crippen LogP contribution in [0.15, 0.2) is 15.0 Å². The van der Waals surface area contributed by atoms with Gasteiger partial charge < -0.3 is 5.73 Å². The summed E-state index contributed by atoms with van der Waals surface area (Å²) in [4.78, 5) is 11.7. The number of nitrogens with two attached hydrogens (primary N) is 1. The van der Waals surface area contributed by atoms with Crippen LogP contribution < -0.4 is 11.4 Å². The monoisotopic (exact) mass is 295 g/mol. The van der Waals surface area contributed by atoms with Gasteiger partial charge in [0, 0.05) is 13.1 Å². The lowest BCUT2D eigenvalue weighted by atomic mass is 10.2. The summed E-state index contributed by atoms with van der Waals surface area (Å²) in [5.74, 6) is -0.0490. The van der Waals surface area contributed by atoms with E-state index in [4.69, 9.17) is 11.1 Å². The minimum Gasteiger partial charge on any atom is -0.384 e. The van der Waals surface area contributed by atoms with Gasteiger partial charge in [0.1, 0.15) is 10.9 Å². The van der Waals surface area contributed by atoms with Gasteiger partial charge in [-0.05, 0) is 32.5 Å². The van der Waals surface area contributed by atoms with Gasteiger partial charge in [-0.3, -0.25) is 14.7 Å². The molecule has 2 aromatic rings. The Hall–Kier alpha value is -2.03. The fourth-order valence-corrected chi connectivity index (χ4v) is 3.16. The molecule has 0 aromatic carbocycles. The average molecular weight is 295 g/mol. The molecule has 0 aliphatic rings. The third-order valence-corrected chi connectivity index (χ3v) is 3.95. The second kappa shape index (κ2) is 5.16. The molecular formula is C11H17N7OS. The predicted molar refractivity (Wildman–Crippen MR) is 76.3 cm³/mol. The molecular weight excluding hydrogens is 278 g/mol. The lowest BCUT2D eigenvalue weighted by molar-refractivity contribution is 0.533. The third-order valence-electron chi connectivity index (χ3n) is 2.82. The fraction of sp³-hybridized carbons (Fsp3) is 0.455. The van der Waals surface area contributed by atoms with Gasteiger partial charge in [-0.1, -0.05) is 0 Å². The summed E-state index contributed by atoms with van der Waals surface area (Å²) >= 11 is 1.27. The molecule has 0 saturated carbocycles. The molecule has 2 aromatic heterocycles. The lowest BCUT2D eigenvalue weighted by Gasteiger charge is -2.09.